The van der Waals surface area contributed by atoms with E-state index in [0.717, 1.165) is 66.8 Å². The van der Waals surface area contributed by atoms with Gasteiger partial charge in [-0.1, -0.05) is 48.5 Å². The Hall–Kier alpha value is -5.24. The fourth-order valence-electron chi connectivity index (χ4n) is 7.59. The van der Waals surface area contributed by atoms with E-state index in [9.17, 15) is 19.2 Å². The molecule has 4 rings (SSSR count). The Morgan fingerprint density at radius 2 is 0.600 bits per heavy atom. The van der Waals surface area contributed by atoms with E-state index in [4.69, 9.17) is 18.9 Å². The highest BCUT2D eigenvalue weighted by atomic mass is 16.5. The van der Waals surface area contributed by atoms with Crippen molar-refractivity contribution in [1.29, 1.82) is 0 Å². The molecule has 0 saturated heterocycles. The van der Waals surface area contributed by atoms with Crippen molar-refractivity contribution < 1.29 is 38.1 Å². The number of methoxy groups -OCH3 is 4. The van der Waals surface area contributed by atoms with Crippen molar-refractivity contribution in [3.8, 4) is 0 Å². The smallest absolute Gasteiger partial charge is 0.338 e. The standard InChI is InChI=1S/C42H46O8/c1-22-13-30(14-23(2)34(22)38(43)47-9)21-42(31-15-24(3)35(25(4)16-31)39(44)48-10,32-17-26(5)36(27(6)18-32)40(45)49-11)33-19-28(7)37(29(8)20-33)41(46)50-12/h13-20H,21H2,1-12H3. The van der Waals surface area contributed by atoms with Gasteiger partial charge in [-0.3, -0.25) is 0 Å². The van der Waals surface area contributed by atoms with Crippen LogP contribution < -0.4 is 0 Å². The average Bonchev–Trinajstić information content (AvgIpc) is 3.05. The maximum atomic E-state index is 12.9. The second-order valence-corrected chi connectivity index (χ2v) is 13.1. The minimum Gasteiger partial charge on any atom is -0.465 e. The van der Waals surface area contributed by atoms with Gasteiger partial charge in [0.05, 0.1) is 50.7 Å². The Balaban J connectivity index is 2.25. The molecule has 0 aliphatic carbocycles. The molecule has 4 aromatic rings. The van der Waals surface area contributed by atoms with E-state index in [1.165, 1.54) is 28.4 Å². The molecule has 0 saturated carbocycles. The summed E-state index contributed by atoms with van der Waals surface area (Å²) in [7, 11) is 5.47. The number of ether oxygens (including phenoxy) is 4. The molecule has 0 amide bonds. The first-order chi connectivity index (χ1) is 23.5. The van der Waals surface area contributed by atoms with Crippen LogP contribution in [0.3, 0.4) is 0 Å². The summed E-state index contributed by atoms with van der Waals surface area (Å²) in [6.07, 6.45) is 0.416. The second kappa shape index (κ2) is 14.7. The highest BCUT2D eigenvalue weighted by molar-refractivity contribution is 5.95. The van der Waals surface area contributed by atoms with E-state index in [-0.39, 0.29) is 0 Å². The van der Waals surface area contributed by atoms with Crippen LogP contribution in [0.5, 0.6) is 0 Å². The number of hydrogen-bond donors (Lipinski definition) is 0. The Morgan fingerprint density at radius 1 is 0.400 bits per heavy atom. The number of benzene rings is 4. The third-order valence-electron chi connectivity index (χ3n) is 9.70. The summed E-state index contributed by atoms with van der Waals surface area (Å²) in [5.74, 6) is -1.68. The topological polar surface area (TPSA) is 105 Å². The van der Waals surface area contributed by atoms with E-state index < -0.39 is 29.3 Å². The molecule has 262 valence electrons. The van der Waals surface area contributed by atoms with Gasteiger partial charge < -0.3 is 18.9 Å². The molecule has 50 heavy (non-hydrogen) atoms. The summed E-state index contributed by atoms with van der Waals surface area (Å²) >= 11 is 0. The van der Waals surface area contributed by atoms with Gasteiger partial charge in [0.2, 0.25) is 0 Å². The van der Waals surface area contributed by atoms with Crippen molar-refractivity contribution >= 4 is 23.9 Å². The number of hydrogen-bond acceptors (Lipinski definition) is 8. The predicted molar refractivity (Wildman–Crippen MR) is 193 cm³/mol. The number of rotatable bonds is 9. The van der Waals surface area contributed by atoms with E-state index >= 15 is 0 Å². The Kier molecular flexibility index (Phi) is 11.1. The zero-order valence-electron chi connectivity index (χ0n) is 31.1. The molecule has 0 fully saturated rings. The van der Waals surface area contributed by atoms with Gasteiger partial charge in [0.1, 0.15) is 0 Å². The van der Waals surface area contributed by atoms with Gasteiger partial charge in [-0.15, -0.1) is 0 Å². The minimum atomic E-state index is -0.940. The second-order valence-electron chi connectivity index (χ2n) is 13.1. The molecule has 0 N–H and O–H groups in total. The van der Waals surface area contributed by atoms with Gasteiger partial charge >= 0.3 is 23.9 Å². The van der Waals surface area contributed by atoms with Crippen LogP contribution in [0, 0.1) is 55.4 Å². The highest BCUT2D eigenvalue weighted by Crippen LogP contribution is 2.46. The summed E-state index contributed by atoms with van der Waals surface area (Å²) < 4.78 is 20.5. The number of esters is 4. The molecule has 8 heteroatoms. The monoisotopic (exact) mass is 678 g/mol. The van der Waals surface area contributed by atoms with Gasteiger partial charge in [0.25, 0.3) is 0 Å². The number of aryl methyl sites for hydroxylation is 8. The van der Waals surface area contributed by atoms with Crippen LogP contribution in [0.25, 0.3) is 0 Å². The number of carbonyl (C=O) groups excluding carboxylic acids is 4. The predicted octanol–water partition coefficient (Wildman–Crippen LogP) is 7.88. The van der Waals surface area contributed by atoms with Crippen LogP contribution in [-0.2, 0) is 30.8 Å². The van der Waals surface area contributed by atoms with Crippen molar-refractivity contribution in [3.05, 3.63) is 138 Å². The van der Waals surface area contributed by atoms with Crippen molar-refractivity contribution in [2.45, 2.75) is 67.2 Å². The van der Waals surface area contributed by atoms with Crippen molar-refractivity contribution in [1.82, 2.24) is 0 Å². The molecule has 0 bridgehead atoms. The van der Waals surface area contributed by atoms with Gasteiger partial charge in [0.15, 0.2) is 0 Å². The van der Waals surface area contributed by atoms with Crippen LogP contribution in [0.4, 0.5) is 0 Å². The lowest BCUT2D eigenvalue weighted by atomic mass is 9.64. The van der Waals surface area contributed by atoms with Gasteiger partial charge in [-0.05, 0) is 129 Å². The number of carbonyl (C=O) groups is 4. The molecule has 8 nitrogen and oxygen atoms in total. The first kappa shape index (κ1) is 37.6. The molecule has 0 heterocycles. The van der Waals surface area contributed by atoms with Gasteiger partial charge in [0, 0.05) is 5.41 Å². The first-order valence-corrected chi connectivity index (χ1v) is 16.3. The van der Waals surface area contributed by atoms with Crippen molar-refractivity contribution in [3.63, 3.8) is 0 Å². The third kappa shape index (κ3) is 6.67. The van der Waals surface area contributed by atoms with Crippen LogP contribution in [0.15, 0.2) is 48.5 Å². The van der Waals surface area contributed by atoms with Crippen LogP contribution in [-0.4, -0.2) is 52.3 Å². The lowest BCUT2D eigenvalue weighted by molar-refractivity contribution is 0.0590. The zero-order valence-corrected chi connectivity index (χ0v) is 31.1. The Bertz CT molecular complexity index is 1770. The van der Waals surface area contributed by atoms with Crippen molar-refractivity contribution in [2.24, 2.45) is 0 Å². The maximum Gasteiger partial charge on any atom is 0.338 e. The summed E-state index contributed by atoms with van der Waals surface area (Å²) in [6.45, 7) is 15.1. The van der Waals surface area contributed by atoms with E-state index in [0.29, 0.717) is 28.7 Å². The highest BCUT2D eigenvalue weighted by Gasteiger charge is 2.40. The van der Waals surface area contributed by atoms with Crippen LogP contribution in [0.1, 0.15) is 108 Å². The zero-order chi connectivity index (χ0) is 37.2. The molecule has 0 atom stereocenters. The Labute approximate surface area is 294 Å². The maximum absolute atomic E-state index is 12.9. The van der Waals surface area contributed by atoms with E-state index in [1.807, 2.05) is 104 Å². The molecule has 0 unspecified atom stereocenters. The normalized spacial score (nSPS) is 11.2. The third-order valence-corrected chi connectivity index (χ3v) is 9.70. The summed E-state index contributed by atoms with van der Waals surface area (Å²) in [5, 5.41) is 0. The summed E-state index contributed by atoms with van der Waals surface area (Å²) in [6, 6.07) is 16.1. The molecule has 0 aliphatic rings. The summed E-state index contributed by atoms with van der Waals surface area (Å²) in [4.78, 5) is 51.5. The molecular weight excluding hydrogens is 632 g/mol. The van der Waals surface area contributed by atoms with E-state index in [2.05, 4.69) is 0 Å². The summed E-state index contributed by atoms with van der Waals surface area (Å²) in [5.41, 5.74) is 10.6. The average molecular weight is 679 g/mol. The van der Waals surface area contributed by atoms with Crippen molar-refractivity contribution in [2.75, 3.05) is 28.4 Å². The van der Waals surface area contributed by atoms with Crippen LogP contribution in [0.2, 0.25) is 0 Å². The molecular formula is C42H46O8. The van der Waals surface area contributed by atoms with Gasteiger partial charge in [-0.2, -0.15) is 0 Å². The largest absolute Gasteiger partial charge is 0.465 e. The fraction of sp³-hybridized carbons (Fsp3) is 0.333. The molecule has 4 aromatic carbocycles. The van der Waals surface area contributed by atoms with E-state index in [1.54, 1.807) is 0 Å². The molecule has 0 aromatic heterocycles. The van der Waals surface area contributed by atoms with Crippen LogP contribution >= 0.6 is 0 Å². The first-order valence-electron chi connectivity index (χ1n) is 16.3. The lowest BCUT2D eigenvalue weighted by Gasteiger charge is -2.39. The SMILES string of the molecule is COC(=O)c1c(C)cc(CC(c2cc(C)c(C(=O)OC)c(C)c2)(c2cc(C)c(C(=O)OC)c(C)c2)c2cc(C)c(C(=O)OC)c(C)c2)cc1C. The quantitative estimate of drug-likeness (QED) is 0.100. The molecule has 0 spiro atoms. The molecule has 0 radical (unpaired) electrons. The lowest BCUT2D eigenvalue weighted by Crippen LogP contribution is -2.34. The minimum absolute atomic E-state index is 0.406. The Morgan fingerprint density at radius 3 is 0.800 bits per heavy atom. The molecule has 0 aliphatic heterocycles. The van der Waals surface area contributed by atoms with Gasteiger partial charge in [-0.25, -0.2) is 19.2 Å². The fourth-order valence-corrected chi connectivity index (χ4v) is 7.59.